The molecule has 0 unspecified atom stereocenters. The first-order valence-corrected chi connectivity index (χ1v) is 15.2. The molecule has 0 atom stereocenters. The molecule has 0 saturated carbocycles. The molecule has 6 rings (SSSR count). The van der Waals surface area contributed by atoms with Gasteiger partial charge in [-0.1, -0.05) is 0 Å². The Morgan fingerprint density at radius 3 is 1.98 bits per heavy atom. The zero-order valence-electron chi connectivity index (χ0n) is 22.9. The largest absolute Gasteiger partial charge is 0.478 e. The molecule has 232 valence electrons. The third-order valence-corrected chi connectivity index (χ3v) is 8.54. The normalized spacial score (nSPS) is 17.8. The van der Waals surface area contributed by atoms with Gasteiger partial charge in [-0.05, 0) is 31.5 Å². The molecule has 0 spiro atoms. The number of carbonyl (C=O) groups excluding carboxylic acids is 1. The number of likely N-dealkylation sites (tertiary alicyclic amines) is 1. The molecular weight excluding hydrogens is 612 g/mol. The Morgan fingerprint density at radius 2 is 1.40 bits per heavy atom. The van der Waals surface area contributed by atoms with E-state index in [4.69, 9.17) is 13.9 Å². The standard InChI is InChI=1S/C14H14F2N2O2S.C8H5NO3S.C6H11F2N/c15-14(16)2-1-4-18(5-3-14)13(19)10-6-12(21-8-10)11-7-20-9-17-11;10-8(11)5-1-7(13-3-5)6-2-12-4-9-6;7-6(8)2-1-4-9-5-3-6/h6-9H,1-5H2;1-4H,(H,10,11);9H,1-5H2. The fraction of sp³-hybridized carbons (Fsp3) is 0.429. The summed E-state index contributed by atoms with van der Waals surface area (Å²) in [5.41, 5.74) is 2.13. The maximum Gasteiger partial charge on any atom is 0.336 e. The van der Waals surface area contributed by atoms with Gasteiger partial charge in [0.1, 0.15) is 23.9 Å². The Morgan fingerprint density at radius 1 is 0.814 bits per heavy atom. The van der Waals surface area contributed by atoms with E-state index in [0.29, 0.717) is 42.9 Å². The van der Waals surface area contributed by atoms with E-state index in [0.717, 1.165) is 16.3 Å². The molecule has 2 fully saturated rings. The quantitative estimate of drug-likeness (QED) is 0.225. The lowest BCUT2D eigenvalue weighted by Crippen LogP contribution is -2.32. The Hall–Kier alpha value is -3.56. The van der Waals surface area contributed by atoms with Crippen molar-refractivity contribution in [1.82, 2.24) is 20.2 Å². The van der Waals surface area contributed by atoms with Crippen LogP contribution in [-0.2, 0) is 0 Å². The van der Waals surface area contributed by atoms with Crippen LogP contribution in [-0.4, -0.2) is 69.9 Å². The fourth-order valence-corrected chi connectivity index (χ4v) is 5.96. The number of carboxylic acids is 1. The van der Waals surface area contributed by atoms with E-state index in [2.05, 4.69) is 15.3 Å². The van der Waals surface area contributed by atoms with E-state index in [1.807, 2.05) is 0 Å². The lowest BCUT2D eigenvalue weighted by molar-refractivity contribution is -0.0128. The zero-order chi connectivity index (χ0) is 30.9. The Balaban J connectivity index is 0.000000163. The SMILES string of the molecule is FC1(F)CCCNCC1.O=C(O)c1csc(-c2cocn2)c1.O=C(c1csc(-c2cocn2)c1)N1CCCC(F)(F)CC1. The first-order valence-electron chi connectivity index (χ1n) is 13.5. The van der Waals surface area contributed by atoms with Gasteiger partial charge >= 0.3 is 5.97 Å². The van der Waals surface area contributed by atoms with Gasteiger partial charge in [-0.25, -0.2) is 32.3 Å². The number of alkyl halides is 4. The van der Waals surface area contributed by atoms with Crippen molar-refractivity contribution in [2.75, 3.05) is 26.2 Å². The zero-order valence-corrected chi connectivity index (χ0v) is 24.6. The molecular formula is C28H30F4N4O5S2. The van der Waals surface area contributed by atoms with Crippen LogP contribution in [0.5, 0.6) is 0 Å². The summed E-state index contributed by atoms with van der Waals surface area (Å²) >= 11 is 2.72. The van der Waals surface area contributed by atoms with Crippen LogP contribution in [0.25, 0.3) is 21.1 Å². The van der Waals surface area contributed by atoms with Crippen LogP contribution < -0.4 is 5.32 Å². The highest BCUT2D eigenvalue weighted by Crippen LogP contribution is 2.30. The Kier molecular flexibility index (Phi) is 11.1. The van der Waals surface area contributed by atoms with Crippen LogP contribution >= 0.6 is 22.7 Å². The predicted octanol–water partition coefficient (Wildman–Crippen LogP) is 7.16. The van der Waals surface area contributed by atoms with Gasteiger partial charge in [0.15, 0.2) is 12.8 Å². The number of rotatable bonds is 4. The van der Waals surface area contributed by atoms with Gasteiger partial charge in [0, 0.05) is 56.1 Å². The van der Waals surface area contributed by atoms with Crippen LogP contribution in [0.15, 0.2) is 57.0 Å². The van der Waals surface area contributed by atoms with Crippen molar-refractivity contribution in [2.24, 2.45) is 0 Å². The van der Waals surface area contributed by atoms with Crippen LogP contribution in [0, 0.1) is 0 Å². The second-order valence-electron chi connectivity index (χ2n) is 9.91. The summed E-state index contributed by atoms with van der Waals surface area (Å²) in [4.78, 5) is 34.0. The lowest BCUT2D eigenvalue weighted by Gasteiger charge is -2.19. The van der Waals surface area contributed by atoms with E-state index < -0.39 is 17.8 Å². The average molecular weight is 643 g/mol. The van der Waals surface area contributed by atoms with Crippen LogP contribution in [0.4, 0.5) is 17.6 Å². The minimum Gasteiger partial charge on any atom is -0.478 e. The highest BCUT2D eigenvalue weighted by Gasteiger charge is 2.33. The number of carbonyl (C=O) groups is 2. The van der Waals surface area contributed by atoms with Crippen LogP contribution in [0.2, 0.25) is 0 Å². The number of amides is 1. The molecule has 0 radical (unpaired) electrons. The molecule has 6 heterocycles. The molecule has 15 heteroatoms. The maximum absolute atomic E-state index is 13.3. The topological polar surface area (TPSA) is 122 Å². The molecule has 0 bridgehead atoms. The summed E-state index contributed by atoms with van der Waals surface area (Å²) in [6.45, 7) is 1.69. The molecule has 2 aliphatic heterocycles. The highest BCUT2D eigenvalue weighted by atomic mass is 32.1. The van der Waals surface area contributed by atoms with Gasteiger partial charge in [0.05, 0.1) is 20.9 Å². The maximum atomic E-state index is 13.3. The number of hydrogen-bond donors (Lipinski definition) is 2. The first-order chi connectivity index (χ1) is 20.5. The van der Waals surface area contributed by atoms with E-state index in [9.17, 15) is 27.2 Å². The molecule has 0 aromatic carbocycles. The average Bonchev–Trinajstić information content (AvgIpc) is 3.77. The molecule has 1 amide bonds. The highest BCUT2D eigenvalue weighted by molar-refractivity contribution is 7.14. The summed E-state index contributed by atoms with van der Waals surface area (Å²) in [5.74, 6) is -6.18. The third-order valence-electron chi connectivity index (χ3n) is 6.63. The van der Waals surface area contributed by atoms with E-state index >= 15 is 0 Å². The van der Waals surface area contributed by atoms with E-state index in [-0.39, 0.29) is 43.7 Å². The molecule has 4 aromatic rings. The Labute approximate surface area is 252 Å². The minimum absolute atomic E-state index is 0.00694. The van der Waals surface area contributed by atoms with Gasteiger partial charge in [-0.3, -0.25) is 4.79 Å². The Bertz CT molecular complexity index is 1430. The number of oxazole rings is 2. The molecule has 2 N–H and O–H groups in total. The van der Waals surface area contributed by atoms with Crippen molar-refractivity contribution in [3.8, 4) is 21.1 Å². The summed E-state index contributed by atoms with van der Waals surface area (Å²) in [6, 6.07) is 3.30. The first kappa shape index (κ1) is 32.4. The summed E-state index contributed by atoms with van der Waals surface area (Å²) in [5, 5.41) is 14.9. The van der Waals surface area contributed by atoms with E-state index in [1.54, 1.807) is 22.9 Å². The van der Waals surface area contributed by atoms with Gasteiger partial charge in [0.2, 0.25) is 11.8 Å². The summed E-state index contributed by atoms with van der Waals surface area (Å²) < 4.78 is 61.2. The molecule has 0 aliphatic carbocycles. The summed E-state index contributed by atoms with van der Waals surface area (Å²) in [6.07, 6.45) is 6.22. The van der Waals surface area contributed by atoms with E-state index in [1.165, 1.54) is 52.9 Å². The molecule has 4 aromatic heterocycles. The number of thiophene rings is 2. The van der Waals surface area contributed by atoms with Gasteiger partial charge < -0.3 is 24.2 Å². The fourth-order valence-electron chi connectivity index (χ4n) is 4.28. The predicted molar refractivity (Wildman–Crippen MR) is 153 cm³/mol. The number of nitrogens with one attached hydrogen (secondary N) is 1. The number of carboxylic acid groups (broad SMARTS) is 1. The monoisotopic (exact) mass is 642 g/mol. The molecule has 2 aliphatic rings. The second-order valence-corrected chi connectivity index (χ2v) is 11.7. The van der Waals surface area contributed by atoms with Crippen LogP contribution in [0.3, 0.4) is 0 Å². The second kappa shape index (κ2) is 14.8. The number of halogens is 4. The number of hydrogen-bond acceptors (Lipinski definition) is 9. The van der Waals surface area contributed by atoms with Gasteiger partial charge in [-0.15, -0.1) is 22.7 Å². The third kappa shape index (κ3) is 9.73. The number of nitrogens with zero attached hydrogens (tertiary/aromatic N) is 3. The minimum atomic E-state index is -2.66. The lowest BCUT2D eigenvalue weighted by atomic mass is 10.1. The van der Waals surface area contributed by atoms with Crippen molar-refractivity contribution < 1.29 is 41.1 Å². The van der Waals surface area contributed by atoms with Crippen molar-refractivity contribution in [2.45, 2.75) is 50.4 Å². The summed E-state index contributed by atoms with van der Waals surface area (Å²) in [7, 11) is 0. The number of aromatic carboxylic acids is 1. The van der Waals surface area contributed by atoms with Gasteiger partial charge in [-0.2, -0.15) is 0 Å². The molecule has 2 saturated heterocycles. The van der Waals surface area contributed by atoms with Crippen molar-refractivity contribution in [3.05, 3.63) is 59.3 Å². The molecule has 9 nitrogen and oxygen atoms in total. The molecule has 43 heavy (non-hydrogen) atoms. The van der Waals surface area contributed by atoms with Crippen molar-refractivity contribution in [3.63, 3.8) is 0 Å². The smallest absolute Gasteiger partial charge is 0.336 e. The van der Waals surface area contributed by atoms with Crippen molar-refractivity contribution in [1.29, 1.82) is 0 Å². The number of aromatic nitrogens is 2. The van der Waals surface area contributed by atoms with Gasteiger partial charge in [0.25, 0.3) is 5.91 Å². The van der Waals surface area contributed by atoms with Crippen LogP contribution in [0.1, 0.15) is 59.2 Å². The van der Waals surface area contributed by atoms with Crippen molar-refractivity contribution >= 4 is 34.6 Å².